The van der Waals surface area contributed by atoms with E-state index >= 15 is 0 Å². The summed E-state index contributed by atoms with van der Waals surface area (Å²) in [5, 5.41) is 2.96. The zero-order chi connectivity index (χ0) is 15.4. The molecule has 0 aliphatic heterocycles. The number of ether oxygens (including phenoxy) is 1. The van der Waals surface area contributed by atoms with Gasteiger partial charge in [0.05, 0.1) is 13.2 Å². The molecule has 0 unspecified atom stereocenters. The number of nitrogens with one attached hydrogen (secondary N) is 1. The average molecular weight is 284 g/mol. The normalized spacial score (nSPS) is 11.8. The lowest BCUT2D eigenvalue weighted by molar-refractivity contribution is 0.0940. The van der Waals surface area contributed by atoms with Crippen molar-refractivity contribution in [3.05, 3.63) is 59.2 Å². The fourth-order valence-corrected chi connectivity index (χ4v) is 2.06. The molecule has 0 aliphatic rings. The third-order valence-corrected chi connectivity index (χ3v) is 3.48. The average Bonchev–Trinajstić information content (AvgIpc) is 2.49. The van der Waals surface area contributed by atoms with Crippen LogP contribution in [0.15, 0.2) is 42.5 Å². The summed E-state index contributed by atoms with van der Waals surface area (Å²) in [6, 6.07) is 12.9. The number of anilines is 1. The molecule has 0 aromatic heterocycles. The molecule has 0 spiro atoms. The molecule has 0 radical (unpaired) electrons. The Balaban J connectivity index is 2.12. The Kier molecular flexibility index (Phi) is 4.48. The van der Waals surface area contributed by atoms with E-state index in [1.165, 1.54) is 0 Å². The molecule has 3 N–H and O–H groups in total. The number of hydrogen-bond acceptors (Lipinski definition) is 3. The minimum Gasteiger partial charge on any atom is -0.497 e. The van der Waals surface area contributed by atoms with Crippen molar-refractivity contribution >= 4 is 11.6 Å². The monoisotopic (exact) mass is 284 g/mol. The second kappa shape index (κ2) is 6.31. The highest BCUT2D eigenvalue weighted by atomic mass is 16.5. The summed E-state index contributed by atoms with van der Waals surface area (Å²) < 4.78 is 5.19. The number of carbonyl (C=O) groups is 1. The van der Waals surface area contributed by atoms with E-state index in [0.717, 1.165) is 16.9 Å². The molecule has 1 amide bonds. The van der Waals surface area contributed by atoms with Gasteiger partial charge < -0.3 is 15.8 Å². The zero-order valence-corrected chi connectivity index (χ0v) is 12.5. The molecular weight excluding hydrogens is 264 g/mol. The van der Waals surface area contributed by atoms with Crippen LogP contribution in [0.1, 0.15) is 34.5 Å². The van der Waals surface area contributed by atoms with Crippen molar-refractivity contribution in [2.24, 2.45) is 0 Å². The van der Waals surface area contributed by atoms with Crippen molar-refractivity contribution in [1.82, 2.24) is 5.32 Å². The number of benzene rings is 2. The highest BCUT2D eigenvalue weighted by molar-refractivity contribution is 5.95. The molecule has 4 nitrogen and oxygen atoms in total. The summed E-state index contributed by atoms with van der Waals surface area (Å²) >= 11 is 0. The van der Waals surface area contributed by atoms with Crippen LogP contribution in [0.3, 0.4) is 0 Å². The Morgan fingerprint density at radius 3 is 2.67 bits per heavy atom. The van der Waals surface area contributed by atoms with E-state index in [1.807, 2.05) is 44.2 Å². The van der Waals surface area contributed by atoms with Crippen LogP contribution in [0, 0.1) is 6.92 Å². The van der Waals surface area contributed by atoms with Crippen molar-refractivity contribution in [3.63, 3.8) is 0 Å². The first-order valence-corrected chi connectivity index (χ1v) is 6.82. The van der Waals surface area contributed by atoms with Crippen LogP contribution in [0.25, 0.3) is 0 Å². The van der Waals surface area contributed by atoms with Gasteiger partial charge in [-0.15, -0.1) is 0 Å². The number of nitrogens with two attached hydrogens (primary N) is 1. The van der Waals surface area contributed by atoms with E-state index < -0.39 is 0 Å². The van der Waals surface area contributed by atoms with E-state index in [9.17, 15) is 4.79 Å². The van der Waals surface area contributed by atoms with Crippen LogP contribution in [0.2, 0.25) is 0 Å². The quantitative estimate of drug-likeness (QED) is 0.848. The number of rotatable bonds is 4. The molecule has 2 aromatic rings. The molecule has 0 heterocycles. The Hall–Kier alpha value is -2.49. The third-order valence-electron chi connectivity index (χ3n) is 3.48. The van der Waals surface area contributed by atoms with Crippen molar-refractivity contribution in [3.8, 4) is 5.75 Å². The Bertz CT molecular complexity index is 653. The highest BCUT2D eigenvalue weighted by Crippen LogP contribution is 2.20. The van der Waals surface area contributed by atoms with Gasteiger partial charge in [-0.1, -0.05) is 18.2 Å². The Morgan fingerprint density at radius 1 is 1.24 bits per heavy atom. The number of hydrogen-bond donors (Lipinski definition) is 2. The number of amides is 1. The SMILES string of the molecule is COc1cccc([C@@H](C)NC(=O)c2ccc(C)c(N)c2)c1. The molecule has 1 atom stereocenters. The predicted molar refractivity (Wildman–Crippen MR) is 84.5 cm³/mol. The summed E-state index contributed by atoms with van der Waals surface area (Å²) in [5.74, 6) is 0.630. The van der Waals surface area contributed by atoms with E-state index in [0.29, 0.717) is 11.3 Å². The first-order chi connectivity index (χ1) is 10.0. The summed E-state index contributed by atoms with van der Waals surface area (Å²) in [6.45, 7) is 3.85. The van der Waals surface area contributed by atoms with E-state index in [2.05, 4.69) is 5.32 Å². The maximum atomic E-state index is 12.2. The summed E-state index contributed by atoms with van der Waals surface area (Å²) in [6.07, 6.45) is 0. The maximum absolute atomic E-state index is 12.2. The number of aryl methyl sites for hydroxylation is 1. The van der Waals surface area contributed by atoms with Crippen molar-refractivity contribution in [2.75, 3.05) is 12.8 Å². The highest BCUT2D eigenvalue weighted by Gasteiger charge is 2.12. The van der Waals surface area contributed by atoms with Crippen LogP contribution in [-0.2, 0) is 0 Å². The van der Waals surface area contributed by atoms with Gasteiger partial charge >= 0.3 is 0 Å². The van der Waals surface area contributed by atoms with Crippen LogP contribution in [0.4, 0.5) is 5.69 Å². The summed E-state index contributed by atoms with van der Waals surface area (Å²) in [5.41, 5.74) is 8.98. The predicted octanol–water partition coefficient (Wildman–Crippen LogP) is 3.08. The van der Waals surface area contributed by atoms with Gasteiger partial charge in [-0.3, -0.25) is 4.79 Å². The first kappa shape index (κ1) is 14.9. The fraction of sp³-hybridized carbons (Fsp3) is 0.235. The van der Waals surface area contributed by atoms with Crippen LogP contribution in [0.5, 0.6) is 5.75 Å². The topological polar surface area (TPSA) is 64.3 Å². The number of carbonyl (C=O) groups excluding carboxylic acids is 1. The van der Waals surface area contributed by atoms with E-state index in [-0.39, 0.29) is 11.9 Å². The largest absolute Gasteiger partial charge is 0.497 e. The van der Waals surface area contributed by atoms with Gasteiger partial charge in [0.25, 0.3) is 5.91 Å². The van der Waals surface area contributed by atoms with Gasteiger partial charge in [0.2, 0.25) is 0 Å². The van der Waals surface area contributed by atoms with Crippen LogP contribution in [-0.4, -0.2) is 13.0 Å². The van der Waals surface area contributed by atoms with Gasteiger partial charge in [0.15, 0.2) is 0 Å². The molecule has 2 rings (SSSR count). The first-order valence-electron chi connectivity index (χ1n) is 6.82. The molecule has 0 saturated carbocycles. The fourth-order valence-electron chi connectivity index (χ4n) is 2.06. The third kappa shape index (κ3) is 3.54. The zero-order valence-electron chi connectivity index (χ0n) is 12.5. The summed E-state index contributed by atoms with van der Waals surface area (Å²) in [4.78, 5) is 12.2. The molecule has 0 fully saturated rings. The molecular formula is C17H20N2O2. The standard InChI is InChI=1S/C17H20N2O2/c1-11-7-8-14(10-16(11)18)17(20)19-12(2)13-5-4-6-15(9-13)21-3/h4-10,12H,18H2,1-3H3,(H,19,20)/t12-/m1/s1. The number of methoxy groups -OCH3 is 1. The van der Waals surface area contributed by atoms with Gasteiger partial charge in [0.1, 0.15) is 5.75 Å². The van der Waals surface area contributed by atoms with Crippen LogP contribution >= 0.6 is 0 Å². The number of nitrogen functional groups attached to an aromatic ring is 1. The lowest BCUT2D eigenvalue weighted by Gasteiger charge is -2.15. The van der Waals surface area contributed by atoms with E-state index in [4.69, 9.17) is 10.5 Å². The van der Waals surface area contributed by atoms with Crippen molar-refractivity contribution in [2.45, 2.75) is 19.9 Å². The lowest BCUT2D eigenvalue weighted by atomic mass is 10.1. The maximum Gasteiger partial charge on any atom is 0.251 e. The van der Waals surface area contributed by atoms with Crippen LogP contribution < -0.4 is 15.8 Å². The van der Waals surface area contributed by atoms with E-state index in [1.54, 1.807) is 19.2 Å². The second-order valence-corrected chi connectivity index (χ2v) is 5.04. The summed E-state index contributed by atoms with van der Waals surface area (Å²) in [7, 11) is 1.62. The molecule has 0 saturated heterocycles. The molecule has 0 aliphatic carbocycles. The Labute approximate surface area is 124 Å². The van der Waals surface area contributed by atoms with Gasteiger partial charge in [0, 0.05) is 11.3 Å². The minimum atomic E-state index is -0.142. The van der Waals surface area contributed by atoms with Gasteiger partial charge in [-0.25, -0.2) is 0 Å². The molecule has 21 heavy (non-hydrogen) atoms. The van der Waals surface area contributed by atoms with Crippen molar-refractivity contribution in [1.29, 1.82) is 0 Å². The van der Waals surface area contributed by atoms with Crippen molar-refractivity contribution < 1.29 is 9.53 Å². The Morgan fingerprint density at radius 2 is 2.00 bits per heavy atom. The molecule has 110 valence electrons. The van der Waals surface area contributed by atoms with Gasteiger partial charge in [-0.2, -0.15) is 0 Å². The molecule has 0 bridgehead atoms. The lowest BCUT2D eigenvalue weighted by Crippen LogP contribution is -2.26. The second-order valence-electron chi connectivity index (χ2n) is 5.04. The molecule has 4 heteroatoms. The minimum absolute atomic E-state index is 0.116. The molecule has 2 aromatic carbocycles. The smallest absolute Gasteiger partial charge is 0.251 e. The van der Waals surface area contributed by atoms with Gasteiger partial charge in [-0.05, 0) is 49.2 Å².